The van der Waals surface area contributed by atoms with E-state index in [4.69, 9.17) is 9.47 Å². The van der Waals surface area contributed by atoms with Gasteiger partial charge in [0.1, 0.15) is 12.4 Å². The van der Waals surface area contributed by atoms with Gasteiger partial charge in [0.15, 0.2) is 0 Å². The SMILES string of the molecule is CC(C)OCc1cccc(NC(=O)N(C)CCOc2ccccc2)c1. The molecule has 0 saturated carbocycles. The van der Waals surface area contributed by atoms with Crippen molar-refractivity contribution in [2.75, 3.05) is 25.5 Å². The molecule has 0 aliphatic rings. The Bertz CT molecular complexity index is 659. The van der Waals surface area contributed by atoms with Gasteiger partial charge in [-0.3, -0.25) is 0 Å². The Morgan fingerprint density at radius 1 is 1.12 bits per heavy atom. The fraction of sp³-hybridized carbons (Fsp3) is 0.350. The van der Waals surface area contributed by atoms with Crippen LogP contribution < -0.4 is 10.1 Å². The maximum atomic E-state index is 12.3. The van der Waals surface area contributed by atoms with E-state index in [1.165, 1.54) is 0 Å². The molecule has 2 amide bonds. The molecule has 0 spiro atoms. The van der Waals surface area contributed by atoms with Crippen molar-refractivity contribution in [1.29, 1.82) is 0 Å². The number of hydrogen-bond donors (Lipinski definition) is 1. The van der Waals surface area contributed by atoms with E-state index in [0.29, 0.717) is 19.8 Å². The Morgan fingerprint density at radius 3 is 2.60 bits per heavy atom. The highest BCUT2D eigenvalue weighted by molar-refractivity contribution is 5.89. The van der Waals surface area contributed by atoms with Gasteiger partial charge < -0.3 is 19.7 Å². The van der Waals surface area contributed by atoms with Gasteiger partial charge in [-0.1, -0.05) is 30.3 Å². The summed E-state index contributed by atoms with van der Waals surface area (Å²) in [5, 5.41) is 2.89. The van der Waals surface area contributed by atoms with Crippen LogP contribution >= 0.6 is 0 Å². The number of carbonyl (C=O) groups is 1. The highest BCUT2D eigenvalue weighted by Crippen LogP contribution is 2.13. The number of rotatable bonds is 8. The van der Waals surface area contributed by atoms with Gasteiger partial charge in [-0.2, -0.15) is 0 Å². The Kier molecular flexibility index (Phi) is 7.29. The number of benzene rings is 2. The van der Waals surface area contributed by atoms with Crippen molar-refractivity contribution in [2.24, 2.45) is 0 Å². The van der Waals surface area contributed by atoms with Crippen LogP contribution in [0.1, 0.15) is 19.4 Å². The third-order valence-electron chi connectivity index (χ3n) is 3.55. The molecule has 2 rings (SSSR count). The monoisotopic (exact) mass is 342 g/mol. The van der Waals surface area contributed by atoms with Crippen molar-refractivity contribution in [3.63, 3.8) is 0 Å². The summed E-state index contributed by atoms with van der Waals surface area (Å²) < 4.78 is 11.2. The average Bonchev–Trinajstić information content (AvgIpc) is 2.61. The lowest BCUT2D eigenvalue weighted by molar-refractivity contribution is 0.0657. The molecule has 0 fully saturated rings. The summed E-state index contributed by atoms with van der Waals surface area (Å²) in [5.41, 5.74) is 1.78. The van der Waals surface area contributed by atoms with Crippen LogP contribution in [0.15, 0.2) is 54.6 Å². The third-order valence-corrected chi connectivity index (χ3v) is 3.55. The van der Waals surface area contributed by atoms with E-state index in [-0.39, 0.29) is 12.1 Å². The first kappa shape index (κ1) is 18.8. The van der Waals surface area contributed by atoms with E-state index < -0.39 is 0 Å². The number of carbonyl (C=O) groups excluding carboxylic acids is 1. The first-order chi connectivity index (χ1) is 12.0. The minimum Gasteiger partial charge on any atom is -0.492 e. The average molecular weight is 342 g/mol. The second kappa shape index (κ2) is 9.69. The van der Waals surface area contributed by atoms with E-state index in [1.807, 2.05) is 68.4 Å². The molecule has 0 aliphatic heterocycles. The van der Waals surface area contributed by atoms with Crippen molar-refractivity contribution in [3.05, 3.63) is 60.2 Å². The Morgan fingerprint density at radius 2 is 1.88 bits per heavy atom. The zero-order chi connectivity index (χ0) is 18.1. The summed E-state index contributed by atoms with van der Waals surface area (Å²) in [4.78, 5) is 13.9. The van der Waals surface area contributed by atoms with Crippen LogP contribution in [0.25, 0.3) is 0 Å². The van der Waals surface area contributed by atoms with Gasteiger partial charge in [-0.25, -0.2) is 4.79 Å². The number of urea groups is 1. The molecule has 5 heteroatoms. The molecule has 0 aromatic heterocycles. The first-order valence-corrected chi connectivity index (χ1v) is 8.45. The van der Waals surface area contributed by atoms with Gasteiger partial charge >= 0.3 is 6.03 Å². The summed E-state index contributed by atoms with van der Waals surface area (Å²) in [5.74, 6) is 0.800. The number of para-hydroxylation sites is 1. The first-order valence-electron chi connectivity index (χ1n) is 8.45. The highest BCUT2D eigenvalue weighted by atomic mass is 16.5. The molecule has 2 aromatic carbocycles. The van der Waals surface area contributed by atoms with Gasteiger partial charge in [-0.05, 0) is 43.7 Å². The molecule has 0 saturated heterocycles. The maximum absolute atomic E-state index is 12.3. The minimum absolute atomic E-state index is 0.168. The van der Waals surface area contributed by atoms with Crippen molar-refractivity contribution in [1.82, 2.24) is 4.90 Å². The zero-order valence-corrected chi connectivity index (χ0v) is 15.1. The summed E-state index contributed by atoms with van der Waals surface area (Å²) >= 11 is 0. The van der Waals surface area contributed by atoms with Crippen molar-refractivity contribution in [3.8, 4) is 5.75 Å². The Balaban J connectivity index is 1.79. The standard InChI is InChI=1S/C20H26N2O3/c1-16(2)25-15-17-8-7-9-18(14-17)21-20(23)22(3)12-13-24-19-10-5-4-6-11-19/h4-11,14,16H,12-13,15H2,1-3H3,(H,21,23). The van der Waals surface area contributed by atoms with Gasteiger partial charge in [0.05, 0.1) is 19.3 Å². The second-order valence-electron chi connectivity index (χ2n) is 6.07. The van der Waals surface area contributed by atoms with E-state index in [2.05, 4.69) is 5.32 Å². The van der Waals surface area contributed by atoms with E-state index in [0.717, 1.165) is 17.0 Å². The molecular weight excluding hydrogens is 316 g/mol. The largest absolute Gasteiger partial charge is 0.492 e. The summed E-state index contributed by atoms with van der Waals surface area (Å²) in [6.07, 6.45) is 0.175. The normalized spacial score (nSPS) is 10.6. The molecule has 0 unspecified atom stereocenters. The number of anilines is 1. The van der Waals surface area contributed by atoms with Crippen LogP contribution in [0.5, 0.6) is 5.75 Å². The fourth-order valence-electron chi connectivity index (χ4n) is 2.14. The minimum atomic E-state index is -0.168. The van der Waals surface area contributed by atoms with Crippen LogP contribution in [-0.4, -0.2) is 37.2 Å². The quantitative estimate of drug-likeness (QED) is 0.784. The third kappa shape index (κ3) is 6.85. The van der Waals surface area contributed by atoms with Gasteiger partial charge in [0.25, 0.3) is 0 Å². The summed E-state index contributed by atoms with van der Waals surface area (Å²) in [7, 11) is 1.75. The number of ether oxygens (including phenoxy) is 2. The number of hydrogen-bond acceptors (Lipinski definition) is 3. The van der Waals surface area contributed by atoms with Gasteiger partial charge in [0, 0.05) is 12.7 Å². The number of amides is 2. The Hall–Kier alpha value is -2.53. The molecule has 5 nitrogen and oxygen atoms in total. The van der Waals surface area contributed by atoms with Crippen molar-refractivity contribution in [2.45, 2.75) is 26.6 Å². The van der Waals surface area contributed by atoms with Crippen LogP contribution in [0.3, 0.4) is 0 Å². The van der Waals surface area contributed by atoms with Crippen LogP contribution in [-0.2, 0) is 11.3 Å². The van der Waals surface area contributed by atoms with E-state index >= 15 is 0 Å². The lowest BCUT2D eigenvalue weighted by Gasteiger charge is -2.18. The summed E-state index contributed by atoms with van der Waals surface area (Å²) in [6.45, 7) is 5.46. The predicted molar refractivity (Wildman–Crippen MR) is 100.0 cm³/mol. The van der Waals surface area contributed by atoms with Gasteiger partial charge in [-0.15, -0.1) is 0 Å². The molecule has 0 heterocycles. The van der Waals surface area contributed by atoms with E-state index in [1.54, 1.807) is 11.9 Å². The zero-order valence-electron chi connectivity index (χ0n) is 15.1. The molecular formula is C20H26N2O3. The fourth-order valence-corrected chi connectivity index (χ4v) is 2.14. The molecule has 25 heavy (non-hydrogen) atoms. The lowest BCUT2D eigenvalue weighted by atomic mass is 10.2. The number of nitrogens with zero attached hydrogens (tertiary/aromatic N) is 1. The Labute approximate surface area is 149 Å². The molecule has 0 radical (unpaired) electrons. The van der Waals surface area contributed by atoms with Gasteiger partial charge in [0.2, 0.25) is 0 Å². The predicted octanol–water partition coefficient (Wildman–Crippen LogP) is 4.15. The molecule has 2 aromatic rings. The van der Waals surface area contributed by atoms with Crippen LogP contribution in [0.4, 0.5) is 10.5 Å². The van der Waals surface area contributed by atoms with Crippen molar-refractivity contribution < 1.29 is 14.3 Å². The van der Waals surface area contributed by atoms with Crippen LogP contribution in [0, 0.1) is 0 Å². The topological polar surface area (TPSA) is 50.8 Å². The number of nitrogens with one attached hydrogen (secondary N) is 1. The van der Waals surface area contributed by atoms with Crippen LogP contribution in [0.2, 0.25) is 0 Å². The molecule has 1 N–H and O–H groups in total. The maximum Gasteiger partial charge on any atom is 0.321 e. The van der Waals surface area contributed by atoms with Crippen molar-refractivity contribution >= 4 is 11.7 Å². The molecule has 134 valence electrons. The van der Waals surface area contributed by atoms with E-state index in [9.17, 15) is 4.79 Å². The highest BCUT2D eigenvalue weighted by Gasteiger charge is 2.09. The summed E-state index contributed by atoms with van der Waals surface area (Å²) in [6, 6.07) is 17.1. The molecule has 0 atom stereocenters. The molecule has 0 aliphatic carbocycles. The second-order valence-corrected chi connectivity index (χ2v) is 6.07. The lowest BCUT2D eigenvalue weighted by Crippen LogP contribution is -2.34. The smallest absolute Gasteiger partial charge is 0.321 e. The molecule has 0 bridgehead atoms. The number of likely N-dealkylation sites (N-methyl/N-ethyl adjacent to an activating group) is 1.